The van der Waals surface area contributed by atoms with Gasteiger partial charge in [0.05, 0.1) is 0 Å². The van der Waals surface area contributed by atoms with Crippen molar-refractivity contribution in [3.05, 3.63) is 0 Å². The molecule has 0 fully saturated rings. The molecule has 0 heterocycles. The number of hydrogen-bond acceptors (Lipinski definition) is 3. The van der Waals surface area contributed by atoms with Gasteiger partial charge >= 0.3 is 0 Å². The van der Waals surface area contributed by atoms with Crippen LogP contribution in [0.25, 0.3) is 0 Å². The van der Waals surface area contributed by atoms with Gasteiger partial charge in [0.15, 0.2) is 0 Å². The summed E-state index contributed by atoms with van der Waals surface area (Å²) >= 11 is 0. The fourth-order valence-corrected chi connectivity index (χ4v) is 0.335. The predicted octanol–water partition coefficient (Wildman–Crippen LogP) is 0.850. The van der Waals surface area contributed by atoms with Gasteiger partial charge in [-0.25, -0.2) is 0 Å². The van der Waals surface area contributed by atoms with Gasteiger partial charge in [0.1, 0.15) is 0 Å². The highest BCUT2D eigenvalue weighted by Gasteiger charge is 1.80. The van der Waals surface area contributed by atoms with Gasteiger partial charge in [0.2, 0.25) is 0 Å². The summed E-state index contributed by atoms with van der Waals surface area (Å²) in [4.78, 5) is 0. The van der Waals surface area contributed by atoms with E-state index in [1.165, 1.54) is 6.42 Å². The molecule has 0 aromatic rings. The Labute approximate surface area is 70.4 Å². The highest BCUT2D eigenvalue weighted by Crippen LogP contribution is 1.68. The fourth-order valence-electron chi connectivity index (χ4n) is 0.335. The molecule has 0 rings (SSSR count). The van der Waals surface area contributed by atoms with Gasteiger partial charge in [0, 0.05) is 26.7 Å². The van der Waals surface area contributed by atoms with Gasteiger partial charge in [-0.05, 0) is 20.3 Å². The van der Waals surface area contributed by atoms with Crippen molar-refractivity contribution in [2.75, 3.05) is 20.6 Å². The molecule has 3 nitrogen and oxygen atoms in total. The number of nitrogens with zero attached hydrogens (tertiary/aromatic N) is 1. The minimum absolute atomic E-state index is 0.167. The Balaban J connectivity index is 0. The number of nitrogens with one attached hydrogen (secondary N) is 1. The van der Waals surface area contributed by atoms with Crippen LogP contribution in [0.4, 0.5) is 0 Å². The molecule has 0 aromatic heterocycles. The number of aliphatic hydroxyl groups is 1. The van der Waals surface area contributed by atoms with Crippen LogP contribution in [-0.2, 0) is 0 Å². The normalized spacial score (nSPS) is 9.82. The maximum atomic E-state index is 8.06. The molecule has 0 aromatic carbocycles. The smallest absolute Gasteiger partial charge is 0.0483 e. The zero-order valence-corrected chi connectivity index (χ0v) is 8.39. The lowest BCUT2D eigenvalue weighted by Crippen LogP contribution is -2.30. The summed E-state index contributed by atoms with van der Waals surface area (Å²) < 4.78 is 0. The molecule has 0 radical (unpaired) electrons. The molecule has 0 unspecified atom stereocenters. The van der Waals surface area contributed by atoms with Gasteiger partial charge in [-0.2, -0.15) is 0 Å². The Morgan fingerprint density at radius 1 is 1.36 bits per heavy atom. The standard InChI is InChI=1S/C5H14N2.C3H8O/c1-4-5-6-7(2)3;1-3(2)4/h6H,4-5H2,1-3H3;3-4H,1-2H3. The van der Waals surface area contributed by atoms with Crippen LogP contribution in [0.2, 0.25) is 0 Å². The molecule has 0 aliphatic heterocycles. The van der Waals surface area contributed by atoms with E-state index in [4.69, 9.17) is 5.11 Å². The molecule has 2 N–H and O–H groups in total. The van der Waals surface area contributed by atoms with Gasteiger partial charge in [-0.1, -0.05) is 6.92 Å². The second-order valence-corrected chi connectivity index (χ2v) is 2.90. The average Bonchev–Trinajstić information content (AvgIpc) is 1.82. The van der Waals surface area contributed by atoms with Gasteiger partial charge in [-0.15, -0.1) is 0 Å². The van der Waals surface area contributed by atoms with Crippen molar-refractivity contribution in [1.82, 2.24) is 10.4 Å². The Morgan fingerprint density at radius 2 is 1.73 bits per heavy atom. The molecule has 0 spiro atoms. The molecule has 3 heteroatoms. The molecule has 0 saturated carbocycles. The Hall–Kier alpha value is -0.120. The third kappa shape index (κ3) is 40.8. The van der Waals surface area contributed by atoms with Gasteiger partial charge in [-0.3, -0.25) is 10.4 Å². The van der Waals surface area contributed by atoms with Gasteiger partial charge in [0.25, 0.3) is 0 Å². The van der Waals surface area contributed by atoms with E-state index in [1.54, 1.807) is 13.8 Å². The highest BCUT2D eigenvalue weighted by molar-refractivity contribution is 4.32. The number of aliphatic hydroxyl groups excluding tert-OH is 1. The lowest BCUT2D eigenvalue weighted by Gasteiger charge is -2.08. The van der Waals surface area contributed by atoms with Crippen molar-refractivity contribution in [1.29, 1.82) is 0 Å². The first-order valence-corrected chi connectivity index (χ1v) is 4.09. The summed E-state index contributed by atoms with van der Waals surface area (Å²) in [6.45, 7) is 6.67. The van der Waals surface area contributed by atoms with E-state index >= 15 is 0 Å². The van der Waals surface area contributed by atoms with Crippen LogP contribution in [0.15, 0.2) is 0 Å². The summed E-state index contributed by atoms with van der Waals surface area (Å²) in [7, 11) is 3.99. The maximum Gasteiger partial charge on any atom is 0.0483 e. The van der Waals surface area contributed by atoms with Crippen LogP contribution in [0.5, 0.6) is 0 Å². The number of hydrogen-bond donors (Lipinski definition) is 2. The van der Waals surface area contributed by atoms with Crippen LogP contribution < -0.4 is 5.43 Å². The third-order valence-electron chi connectivity index (χ3n) is 0.678. The summed E-state index contributed by atoms with van der Waals surface area (Å²) in [5.74, 6) is 0. The van der Waals surface area contributed by atoms with Crippen molar-refractivity contribution < 1.29 is 5.11 Å². The van der Waals surface area contributed by atoms with Crippen LogP contribution in [0.1, 0.15) is 27.2 Å². The Bertz CT molecular complexity index is 62.4. The lowest BCUT2D eigenvalue weighted by molar-refractivity contribution is 0.216. The number of rotatable bonds is 3. The molecule has 0 bridgehead atoms. The van der Waals surface area contributed by atoms with Crippen molar-refractivity contribution in [2.24, 2.45) is 0 Å². The van der Waals surface area contributed by atoms with E-state index in [0.29, 0.717) is 0 Å². The van der Waals surface area contributed by atoms with Crippen molar-refractivity contribution >= 4 is 0 Å². The largest absolute Gasteiger partial charge is 0.394 e. The first-order valence-electron chi connectivity index (χ1n) is 4.09. The number of hydrazine groups is 1. The van der Waals surface area contributed by atoms with E-state index in [2.05, 4.69) is 12.3 Å². The van der Waals surface area contributed by atoms with Crippen LogP contribution >= 0.6 is 0 Å². The molecule has 0 saturated heterocycles. The second-order valence-electron chi connectivity index (χ2n) is 2.90. The summed E-state index contributed by atoms with van der Waals surface area (Å²) in [6.07, 6.45) is 1.03. The molecule has 0 aliphatic rings. The Morgan fingerprint density at radius 3 is 1.82 bits per heavy atom. The van der Waals surface area contributed by atoms with Crippen LogP contribution in [0, 0.1) is 0 Å². The average molecular weight is 162 g/mol. The minimum atomic E-state index is -0.167. The van der Waals surface area contributed by atoms with E-state index < -0.39 is 0 Å². The second kappa shape index (κ2) is 9.88. The van der Waals surface area contributed by atoms with Crippen molar-refractivity contribution in [3.63, 3.8) is 0 Å². The molecule has 0 amide bonds. The SMILES string of the molecule is CC(C)O.CCCNN(C)C. The lowest BCUT2D eigenvalue weighted by atomic mass is 10.5. The third-order valence-corrected chi connectivity index (χ3v) is 0.678. The zero-order valence-electron chi connectivity index (χ0n) is 8.39. The van der Waals surface area contributed by atoms with E-state index in [9.17, 15) is 0 Å². The molecular weight excluding hydrogens is 140 g/mol. The highest BCUT2D eigenvalue weighted by atomic mass is 16.3. The summed E-state index contributed by atoms with van der Waals surface area (Å²) in [6, 6.07) is 0. The molecular formula is C8H22N2O. The minimum Gasteiger partial charge on any atom is -0.394 e. The first kappa shape index (κ1) is 13.5. The molecule has 11 heavy (non-hydrogen) atoms. The van der Waals surface area contributed by atoms with E-state index in [0.717, 1.165) is 6.54 Å². The van der Waals surface area contributed by atoms with E-state index in [1.807, 2.05) is 19.1 Å². The maximum absolute atomic E-state index is 8.06. The quantitative estimate of drug-likeness (QED) is 0.604. The van der Waals surface area contributed by atoms with Crippen LogP contribution in [0.3, 0.4) is 0 Å². The molecule has 70 valence electrons. The van der Waals surface area contributed by atoms with Gasteiger partial charge < -0.3 is 5.11 Å². The molecule has 0 aliphatic carbocycles. The predicted molar refractivity (Wildman–Crippen MR) is 49.3 cm³/mol. The fraction of sp³-hybridized carbons (Fsp3) is 1.00. The zero-order chi connectivity index (χ0) is 9.28. The topological polar surface area (TPSA) is 35.5 Å². The first-order chi connectivity index (χ1) is 5.00. The Kier molecular flexibility index (Phi) is 12.1. The summed E-state index contributed by atoms with van der Waals surface area (Å²) in [5, 5.41) is 10.0. The van der Waals surface area contributed by atoms with E-state index in [-0.39, 0.29) is 6.10 Å². The molecule has 0 atom stereocenters. The monoisotopic (exact) mass is 162 g/mol. The summed E-state index contributed by atoms with van der Waals surface area (Å²) in [5.41, 5.74) is 3.13. The van der Waals surface area contributed by atoms with Crippen molar-refractivity contribution in [3.8, 4) is 0 Å². The van der Waals surface area contributed by atoms with Crippen LogP contribution in [-0.4, -0.2) is 36.9 Å². The van der Waals surface area contributed by atoms with Crippen molar-refractivity contribution in [2.45, 2.75) is 33.3 Å².